The maximum atomic E-state index is 2.70. The maximum Gasteiger partial charge on any atom is -0.00189 e. The molecule has 0 saturated heterocycles. The van der Waals surface area contributed by atoms with E-state index in [0.29, 0.717) is 0 Å². The van der Waals surface area contributed by atoms with Crippen molar-refractivity contribution in [3.8, 4) is 0 Å². The molecule has 0 bridgehead atoms. The van der Waals surface area contributed by atoms with Crippen LogP contribution in [0.2, 0.25) is 0 Å². The first-order valence-corrected chi connectivity index (χ1v) is 14.8. The van der Waals surface area contributed by atoms with Crippen LogP contribution in [0.25, 0.3) is 0 Å². The Kier molecular flexibility index (Phi) is 24.6. The number of nitrogens with zero attached hydrogens (tertiary/aromatic N) is 1. The van der Waals surface area contributed by atoms with Gasteiger partial charge in [0.15, 0.2) is 0 Å². The Balaban J connectivity index is 3.30. The molecule has 0 heterocycles. The minimum atomic E-state index is 0.891. The fraction of sp³-hybridized carbons (Fsp3) is 1.00. The molecule has 0 saturated carbocycles. The predicted molar refractivity (Wildman–Crippen MR) is 144 cm³/mol. The summed E-state index contributed by atoms with van der Waals surface area (Å²) in [4.78, 5) is 2.70. The first-order valence-electron chi connectivity index (χ1n) is 14.8. The SMILES string of the molecule is CCN(CCCCCCCCCCCC(C)C)CCCCCCCCCCCC(C)C. The quantitative estimate of drug-likeness (QED) is 0.128. The van der Waals surface area contributed by atoms with Crippen LogP contribution >= 0.6 is 0 Å². The zero-order valence-electron chi connectivity index (χ0n) is 22.9. The molecule has 31 heavy (non-hydrogen) atoms. The molecule has 0 aromatic rings. The van der Waals surface area contributed by atoms with E-state index in [-0.39, 0.29) is 0 Å². The molecule has 0 atom stereocenters. The zero-order valence-corrected chi connectivity index (χ0v) is 22.9. The smallest absolute Gasteiger partial charge is 0.00189 e. The second-order valence-corrected chi connectivity index (χ2v) is 11.2. The molecule has 0 unspecified atom stereocenters. The van der Waals surface area contributed by atoms with Crippen molar-refractivity contribution in [2.24, 2.45) is 11.8 Å². The molecule has 0 aliphatic carbocycles. The van der Waals surface area contributed by atoms with Crippen LogP contribution in [0, 0.1) is 11.8 Å². The van der Waals surface area contributed by atoms with Crippen LogP contribution in [0.3, 0.4) is 0 Å². The van der Waals surface area contributed by atoms with Crippen LogP contribution in [0.1, 0.15) is 163 Å². The van der Waals surface area contributed by atoms with Crippen molar-refractivity contribution in [2.75, 3.05) is 19.6 Å². The third-order valence-corrected chi connectivity index (χ3v) is 6.96. The highest BCUT2D eigenvalue weighted by Crippen LogP contribution is 2.14. The van der Waals surface area contributed by atoms with Gasteiger partial charge in [-0.25, -0.2) is 0 Å². The molecule has 0 spiro atoms. The van der Waals surface area contributed by atoms with Crippen molar-refractivity contribution in [2.45, 2.75) is 163 Å². The lowest BCUT2D eigenvalue weighted by molar-refractivity contribution is 0.273. The minimum absolute atomic E-state index is 0.891. The van der Waals surface area contributed by atoms with Gasteiger partial charge in [-0.3, -0.25) is 0 Å². The third-order valence-electron chi connectivity index (χ3n) is 6.96. The molecule has 0 fully saturated rings. The van der Waals surface area contributed by atoms with Crippen molar-refractivity contribution in [3.05, 3.63) is 0 Å². The van der Waals surface area contributed by atoms with E-state index in [9.17, 15) is 0 Å². The summed E-state index contributed by atoms with van der Waals surface area (Å²) in [6.07, 6.45) is 29.0. The van der Waals surface area contributed by atoms with Gasteiger partial charge in [0.05, 0.1) is 0 Å². The molecular formula is C30H63N. The van der Waals surface area contributed by atoms with Crippen molar-refractivity contribution in [1.29, 1.82) is 0 Å². The van der Waals surface area contributed by atoms with Crippen molar-refractivity contribution >= 4 is 0 Å². The Hall–Kier alpha value is -0.0400. The van der Waals surface area contributed by atoms with Gasteiger partial charge in [0.1, 0.15) is 0 Å². The first-order chi connectivity index (χ1) is 15.1. The average Bonchev–Trinajstić information content (AvgIpc) is 2.73. The summed E-state index contributed by atoms with van der Waals surface area (Å²) in [5.74, 6) is 1.78. The summed E-state index contributed by atoms with van der Waals surface area (Å²) in [5.41, 5.74) is 0. The predicted octanol–water partition coefficient (Wildman–Crippen LogP) is 10.4. The van der Waals surface area contributed by atoms with Gasteiger partial charge in [0.25, 0.3) is 0 Å². The molecule has 0 aliphatic rings. The van der Waals surface area contributed by atoms with E-state index in [4.69, 9.17) is 0 Å². The summed E-state index contributed by atoms with van der Waals surface area (Å²) < 4.78 is 0. The van der Waals surface area contributed by atoms with E-state index in [1.54, 1.807) is 0 Å². The Morgan fingerprint density at radius 1 is 0.387 bits per heavy atom. The Labute approximate surface area is 199 Å². The van der Waals surface area contributed by atoms with Gasteiger partial charge in [-0.15, -0.1) is 0 Å². The van der Waals surface area contributed by atoms with Crippen LogP contribution in [-0.4, -0.2) is 24.5 Å². The Morgan fingerprint density at radius 3 is 0.903 bits per heavy atom. The van der Waals surface area contributed by atoms with Crippen molar-refractivity contribution in [1.82, 2.24) is 4.90 Å². The van der Waals surface area contributed by atoms with Gasteiger partial charge in [0.2, 0.25) is 0 Å². The van der Waals surface area contributed by atoms with E-state index in [0.717, 1.165) is 11.8 Å². The normalized spacial score (nSPS) is 12.0. The first kappa shape index (κ1) is 31.0. The summed E-state index contributed by atoms with van der Waals surface area (Å²) in [7, 11) is 0. The third kappa shape index (κ3) is 26.1. The zero-order chi connectivity index (χ0) is 23.0. The van der Waals surface area contributed by atoms with Crippen LogP contribution in [0.4, 0.5) is 0 Å². The standard InChI is InChI=1S/C30H63N/c1-6-31(27-23-19-15-11-7-9-13-17-21-25-29(2)3)28-24-20-16-12-8-10-14-18-22-26-30(4)5/h29-30H,6-28H2,1-5H3. The molecule has 0 N–H and O–H groups in total. The van der Waals surface area contributed by atoms with Gasteiger partial charge in [-0.2, -0.15) is 0 Å². The highest BCUT2D eigenvalue weighted by atomic mass is 15.1. The molecule has 0 amide bonds. The Bertz CT molecular complexity index is 292. The van der Waals surface area contributed by atoms with E-state index in [1.165, 1.54) is 148 Å². The molecule has 0 aliphatic heterocycles. The lowest BCUT2D eigenvalue weighted by Crippen LogP contribution is -2.25. The monoisotopic (exact) mass is 437 g/mol. The number of unbranched alkanes of at least 4 members (excludes halogenated alkanes) is 16. The lowest BCUT2D eigenvalue weighted by Gasteiger charge is -2.20. The van der Waals surface area contributed by atoms with E-state index < -0.39 is 0 Å². The molecule has 0 radical (unpaired) electrons. The van der Waals surface area contributed by atoms with Gasteiger partial charge in [-0.05, 0) is 44.3 Å². The highest BCUT2D eigenvalue weighted by Gasteiger charge is 2.02. The van der Waals surface area contributed by atoms with Gasteiger partial charge in [0, 0.05) is 0 Å². The van der Waals surface area contributed by atoms with Gasteiger partial charge in [-0.1, -0.05) is 150 Å². The van der Waals surface area contributed by atoms with E-state index >= 15 is 0 Å². The van der Waals surface area contributed by atoms with E-state index in [1.807, 2.05) is 0 Å². The van der Waals surface area contributed by atoms with Gasteiger partial charge >= 0.3 is 0 Å². The number of hydrogen-bond donors (Lipinski definition) is 0. The van der Waals surface area contributed by atoms with E-state index in [2.05, 4.69) is 39.5 Å². The number of hydrogen-bond acceptors (Lipinski definition) is 1. The summed E-state index contributed by atoms with van der Waals surface area (Å²) in [6.45, 7) is 15.6. The maximum absolute atomic E-state index is 2.70. The van der Waals surface area contributed by atoms with Gasteiger partial charge < -0.3 is 4.90 Å². The summed E-state index contributed by atoms with van der Waals surface area (Å²) in [6, 6.07) is 0. The minimum Gasteiger partial charge on any atom is -0.304 e. The Morgan fingerprint density at radius 2 is 0.645 bits per heavy atom. The molecule has 1 nitrogen and oxygen atoms in total. The second-order valence-electron chi connectivity index (χ2n) is 11.2. The topological polar surface area (TPSA) is 3.24 Å². The van der Waals surface area contributed by atoms with Crippen molar-refractivity contribution in [3.63, 3.8) is 0 Å². The fourth-order valence-corrected chi connectivity index (χ4v) is 4.68. The average molecular weight is 438 g/mol. The summed E-state index contributed by atoms with van der Waals surface area (Å²) >= 11 is 0. The van der Waals surface area contributed by atoms with Crippen LogP contribution < -0.4 is 0 Å². The number of rotatable bonds is 25. The molecule has 0 aromatic heterocycles. The lowest BCUT2D eigenvalue weighted by atomic mass is 10.0. The molecule has 0 rings (SSSR count). The highest BCUT2D eigenvalue weighted by molar-refractivity contribution is 4.58. The van der Waals surface area contributed by atoms with Crippen LogP contribution in [-0.2, 0) is 0 Å². The van der Waals surface area contributed by atoms with Crippen LogP contribution in [0.15, 0.2) is 0 Å². The molecule has 0 aromatic carbocycles. The largest absolute Gasteiger partial charge is 0.304 e. The second kappa shape index (κ2) is 24.6. The molecule has 1 heteroatoms. The molecular weight excluding hydrogens is 374 g/mol. The van der Waals surface area contributed by atoms with Crippen LogP contribution in [0.5, 0.6) is 0 Å². The fourth-order valence-electron chi connectivity index (χ4n) is 4.68. The molecule has 188 valence electrons. The van der Waals surface area contributed by atoms with Crippen molar-refractivity contribution < 1.29 is 0 Å². The summed E-state index contributed by atoms with van der Waals surface area (Å²) in [5, 5.41) is 0.